The van der Waals surface area contributed by atoms with Gasteiger partial charge < -0.3 is 15.2 Å². The molecule has 0 bridgehead atoms. The zero-order valence-corrected chi connectivity index (χ0v) is 20.4. The number of carbonyl (C=O) groups is 2. The fourth-order valence-corrected chi connectivity index (χ4v) is 4.96. The van der Waals surface area contributed by atoms with E-state index in [0.29, 0.717) is 15.5 Å². The molecule has 2 aromatic carbocycles. The van der Waals surface area contributed by atoms with Crippen LogP contribution in [0.5, 0.6) is 0 Å². The van der Waals surface area contributed by atoms with E-state index in [9.17, 15) is 9.59 Å². The minimum absolute atomic E-state index is 0.0652. The van der Waals surface area contributed by atoms with Crippen molar-refractivity contribution in [3.8, 4) is 0 Å². The highest BCUT2D eigenvalue weighted by Gasteiger charge is 2.52. The van der Waals surface area contributed by atoms with Crippen LogP contribution in [0.15, 0.2) is 78.0 Å². The molecule has 8 nitrogen and oxygen atoms in total. The standard InChI is InChI=1S/C25H22N4O4S2/c1-14-27-28-22(35-14)18(34)12-17-13-32-24-19(26)23(30)29(24)20(17)25(31)33-21(15-8-4-2-5-9-15)16-10-6-3-7-11-16/h2-12,19,21,24,34H,13,26H2,1H3. The van der Waals surface area contributed by atoms with Gasteiger partial charge in [0.15, 0.2) is 17.3 Å². The number of aromatic nitrogens is 2. The van der Waals surface area contributed by atoms with Gasteiger partial charge in [-0.25, -0.2) is 4.79 Å². The Balaban J connectivity index is 1.54. The lowest BCUT2D eigenvalue weighted by molar-refractivity contribution is -0.181. The number of carbonyl (C=O) groups excluding carboxylic acids is 2. The fraction of sp³-hybridized carbons (Fsp3) is 0.200. The van der Waals surface area contributed by atoms with Crippen LogP contribution in [0.3, 0.4) is 0 Å². The van der Waals surface area contributed by atoms with Crippen molar-refractivity contribution in [3.63, 3.8) is 0 Å². The van der Waals surface area contributed by atoms with Gasteiger partial charge in [0, 0.05) is 10.5 Å². The minimum atomic E-state index is -0.830. The third kappa shape index (κ3) is 4.53. The summed E-state index contributed by atoms with van der Waals surface area (Å²) in [5.41, 5.74) is 8.08. The molecule has 10 heteroatoms. The zero-order chi connectivity index (χ0) is 24.5. The molecule has 0 radical (unpaired) electrons. The molecule has 2 atom stereocenters. The smallest absolute Gasteiger partial charge is 0.356 e. The topological polar surface area (TPSA) is 108 Å². The quantitative estimate of drug-likeness (QED) is 0.300. The highest BCUT2D eigenvalue weighted by atomic mass is 32.1. The molecule has 1 amide bonds. The van der Waals surface area contributed by atoms with Crippen LogP contribution in [0.2, 0.25) is 0 Å². The lowest BCUT2D eigenvalue weighted by Gasteiger charge is -2.48. The molecule has 2 N–H and O–H groups in total. The SMILES string of the molecule is Cc1nnc(C(S)=CC2=C(C(=O)OC(c3ccccc3)c3ccccc3)N3C(=O)C(N)C3OC2)s1. The Labute approximate surface area is 211 Å². The molecule has 1 saturated heterocycles. The van der Waals surface area contributed by atoms with Gasteiger partial charge in [-0.3, -0.25) is 9.69 Å². The zero-order valence-electron chi connectivity index (χ0n) is 18.7. The average molecular weight is 507 g/mol. The van der Waals surface area contributed by atoms with Crippen LogP contribution in [-0.4, -0.2) is 45.9 Å². The van der Waals surface area contributed by atoms with E-state index in [1.807, 2.05) is 67.6 Å². The van der Waals surface area contributed by atoms with Crippen LogP contribution >= 0.6 is 24.0 Å². The molecule has 2 unspecified atom stereocenters. The maximum absolute atomic E-state index is 13.7. The van der Waals surface area contributed by atoms with Crippen molar-refractivity contribution >= 4 is 40.7 Å². The van der Waals surface area contributed by atoms with Crippen molar-refractivity contribution in [2.75, 3.05) is 6.61 Å². The summed E-state index contributed by atoms with van der Waals surface area (Å²) in [6.45, 7) is 1.90. The maximum Gasteiger partial charge on any atom is 0.356 e. The second kappa shape index (κ2) is 9.74. The average Bonchev–Trinajstić information content (AvgIpc) is 3.33. The molecule has 35 heavy (non-hydrogen) atoms. The summed E-state index contributed by atoms with van der Waals surface area (Å²) in [6, 6.07) is 18.0. The molecule has 0 saturated carbocycles. The van der Waals surface area contributed by atoms with Crippen molar-refractivity contribution < 1.29 is 19.1 Å². The van der Waals surface area contributed by atoms with Gasteiger partial charge in [0.2, 0.25) is 0 Å². The molecule has 2 aliphatic rings. The number of nitrogens with zero attached hydrogens (tertiary/aromatic N) is 3. The maximum atomic E-state index is 13.7. The number of esters is 1. The highest BCUT2D eigenvalue weighted by Crippen LogP contribution is 2.36. The molecular weight excluding hydrogens is 484 g/mol. The van der Waals surface area contributed by atoms with Crippen molar-refractivity contribution in [3.05, 3.63) is 99.2 Å². The van der Waals surface area contributed by atoms with Gasteiger partial charge in [-0.2, -0.15) is 0 Å². The van der Waals surface area contributed by atoms with E-state index in [4.69, 9.17) is 15.2 Å². The van der Waals surface area contributed by atoms with E-state index < -0.39 is 30.3 Å². The molecule has 5 rings (SSSR count). The summed E-state index contributed by atoms with van der Waals surface area (Å²) < 4.78 is 11.8. The first kappa shape index (κ1) is 23.4. The van der Waals surface area contributed by atoms with Crippen LogP contribution in [0.25, 0.3) is 4.91 Å². The van der Waals surface area contributed by atoms with Gasteiger partial charge in [0.05, 0.1) is 6.61 Å². The minimum Gasteiger partial charge on any atom is -0.448 e. The number of nitrogens with two attached hydrogens (primary N) is 1. The lowest BCUT2D eigenvalue weighted by Crippen LogP contribution is -2.71. The van der Waals surface area contributed by atoms with E-state index in [2.05, 4.69) is 22.8 Å². The number of rotatable bonds is 6. The van der Waals surface area contributed by atoms with E-state index in [1.54, 1.807) is 6.08 Å². The fourth-order valence-electron chi connectivity index (χ4n) is 4.01. The molecule has 2 aliphatic heterocycles. The van der Waals surface area contributed by atoms with Gasteiger partial charge in [0.1, 0.15) is 16.7 Å². The Kier molecular flexibility index (Phi) is 6.52. The summed E-state index contributed by atoms with van der Waals surface area (Å²) >= 11 is 5.91. The van der Waals surface area contributed by atoms with Crippen molar-refractivity contribution in [1.82, 2.24) is 15.1 Å². The van der Waals surface area contributed by atoms with Crippen LogP contribution < -0.4 is 5.73 Å². The van der Waals surface area contributed by atoms with Crippen molar-refractivity contribution in [2.24, 2.45) is 5.73 Å². The van der Waals surface area contributed by atoms with E-state index in [0.717, 1.165) is 16.1 Å². The third-order valence-corrected chi connectivity index (χ3v) is 7.08. The molecule has 3 heterocycles. The predicted octanol–water partition coefficient (Wildman–Crippen LogP) is 3.23. The van der Waals surface area contributed by atoms with Crippen LogP contribution in [-0.2, 0) is 19.1 Å². The van der Waals surface area contributed by atoms with Gasteiger partial charge in [-0.05, 0) is 24.1 Å². The monoisotopic (exact) mass is 506 g/mol. The molecule has 0 aliphatic carbocycles. The summed E-state index contributed by atoms with van der Waals surface area (Å²) in [7, 11) is 0. The predicted molar refractivity (Wildman–Crippen MR) is 134 cm³/mol. The van der Waals surface area contributed by atoms with E-state index in [1.165, 1.54) is 16.2 Å². The van der Waals surface area contributed by atoms with Crippen LogP contribution in [0.1, 0.15) is 27.2 Å². The molecular formula is C25H22N4O4S2. The Bertz CT molecular complexity index is 1280. The molecule has 178 valence electrons. The number of thiol groups is 1. The van der Waals surface area contributed by atoms with Crippen molar-refractivity contribution in [1.29, 1.82) is 0 Å². The highest BCUT2D eigenvalue weighted by molar-refractivity contribution is 7.90. The normalized spacial score (nSPS) is 20.1. The molecule has 1 fully saturated rings. The Morgan fingerprint density at radius 3 is 2.37 bits per heavy atom. The first-order valence-corrected chi connectivity index (χ1v) is 12.2. The van der Waals surface area contributed by atoms with Gasteiger partial charge in [0.25, 0.3) is 5.91 Å². The van der Waals surface area contributed by atoms with Gasteiger partial charge in [-0.1, -0.05) is 72.0 Å². The number of amides is 1. The largest absolute Gasteiger partial charge is 0.448 e. The van der Waals surface area contributed by atoms with E-state index in [-0.39, 0.29) is 12.3 Å². The number of hydrogen-bond acceptors (Lipinski definition) is 9. The number of aryl methyl sites for hydroxylation is 1. The number of fused-ring (bicyclic) bond motifs is 1. The number of benzene rings is 2. The van der Waals surface area contributed by atoms with Gasteiger partial charge >= 0.3 is 5.97 Å². The summed E-state index contributed by atoms with van der Waals surface area (Å²) in [5, 5.41) is 9.48. The first-order valence-electron chi connectivity index (χ1n) is 10.9. The molecule has 3 aromatic rings. The number of hydrogen-bond donors (Lipinski definition) is 2. The van der Waals surface area contributed by atoms with Crippen molar-refractivity contribution in [2.45, 2.75) is 25.3 Å². The first-order chi connectivity index (χ1) is 16.9. The number of β-lactam (4-membered cyclic amide) rings is 1. The van der Waals surface area contributed by atoms with E-state index >= 15 is 0 Å². The third-order valence-electron chi connectivity index (χ3n) is 5.72. The Hall–Kier alpha value is -3.31. The summed E-state index contributed by atoms with van der Waals surface area (Å²) in [5.74, 6) is -1.06. The van der Waals surface area contributed by atoms with Crippen LogP contribution in [0.4, 0.5) is 0 Å². The summed E-state index contributed by atoms with van der Waals surface area (Å²) in [6.07, 6.45) is 0.268. The second-order valence-electron chi connectivity index (χ2n) is 8.07. The second-order valence-corrected chi connectivity index (χ2v) is 9.74. The molecule has 0 spiro atoms. The van der Waals surface area contributed by atoms with Crippen LogP contribution in [0, 0.1) is 6.92 Å². The summed E-state index contributed by atoms with van der Waals surface area (Å²) in [4.78, 5) is 28.1. The Morgan fingerprint density at radius 2 is 1.80 bits per heavy atom. The number of ether oxygens (including phenoxy) is 2. The van der Waals surface area contributed by atoms with Gasteiger partial charge in [-0.15, -0.1) is 22.8 Å². The Morgan fingerprint density at radius 1 is 1.17 bits per heavy atom. The molecule has 1 aromatic heterocycles. The lowest BCUT2D eigenvalue weighted by atomic mass is 9.98.